The van der Waals surface area contributed by atoms with Crippen molar-refractivity contribution in [2.45, 2.75) is 45.4 Å². The van der Waals surface area contributed by atoms with E-state index in [-0.39, 0.29) is 5.78 Å². The van der Waals surface area contributed by atoms with Crippen LogP contribution < -0.4 is 0 Å². The Hall–Kier alpha value is -1.37. The highest BCUT2D eigenvalue weighted by atomic mass is 16.1. The average Bonchev–Trinajstić information content (AvgIpc) is 2.40. The number of benzene rings is 1. The predicted molar refractivity (Wildman–Crippen MR) is 71.3 cm³/mol. The summed E-state index contributed by atoms with van der Waals surface area (Å²) in [5, 5.41) is 0. The van der Waals surface area contributed by atoms with Crippen LogP contribution in [0.5, 0.6) is 0 Å². The molecule has 1 saturated carbocycles. The van der Waals surface area contributed by atoms with E-state index in [9.17, 15) is 4.79 Å². The molecule has 1 fully saturated rings. The number of aryl methyl sites for hydroxylation is 1. The third-order valence-corrected chi connectivity index (χ3v) is 3.45. The molecule has 2 rings (SSSR count). The Kier molecular flexibility index (Phi) is 4.13. The Morgan fingerprint density at radius 3 is 2.71 bits per heavy atom. The molecule has 0 unspecified atom stereocenters. The van der Waals surface area contributed by atoms with Crippen LogP contribution in [0.2, 0.25) is 0 Å². The van der Waals surface area contributed by atoms with E-state index < -0.39 is 0 Å². The van der Waals surface area contributed by atoms with Crippen LogP contribution in [-0.4, -0.2) is 5.78 Å². The predicted octanol–water partition coefficient (Wildman–Crippen LogP) is 4.32. The van der Waals surface area contributed by atoms with E-state index in [2.05, 4.69) is 13.0 Å². The highest BCUT2D eigenvalue weighted by molar-refractivity contribution is 6.05. The van der Waals surface area contributed by atoms with E-state index in [0.717, 1.165) is 24.8 Å². The fraction of sp³-hybridized carbons (Fsp3) is 0.438. The van der Waals surface area contributed by atoms with Crippen molar-refractivity contribution in [3.63, 3.8) is 0 Å². The molecule has 17 heavy (non-hydrogen) atoms. The van der Waals surface area contributed by atoms with Crippen molar-refractivity contribution >= 4 is 5.78 Å². The van der Waals surface area contributed by atoms with Crippen LogP contribution in [0.25, 0.3) is 0 Å². The van der Waals surface area contributed by atoms with Crippen LogP contribution in [-0.2, 0) is 6.42 Å². The molecule has 0 aromatic heterocycles. The van der Waals surface area contributed by atoms with Gasteiger partial charge in [0.1, 0.15) is 0 Å². The first-order valence-corrected chi connectivity index (χ1v) is 6.62. The number of carbonyl (C=O) groups excluding carboxylic acids is 1. The molecule has 0 aliphatic heterocycles. The molecule has 0 amide bonds. The molecule has 1 aromatic rings. The number of hydrogen-bond acceptors (Lipinski definition) is 1. The lowest BCUT2D eigenvalue weighted by Gasteiger charge is -2.12. The third-order valence-electron chi connectivity index (χ3n) is 3.45. The Labute approximate surface area is 104 Å². The van der Waals surface area contributed by atoms with Gasteiger partial charge in [0.15, 0.2) is 5.78 Å². The van der Waals surface area contributed by atoms with Crippen LogP contribution in [0.4, 0.5) is 0 Å². The van der Waals surface area contributed by atoms with Crippen LogP contribution in [0.15, 0.2) is 35.9 Å². The molecule has 0 heterocycles. The molecule has 1 heteroatoms. The van der Waals surface area contributed by atoms with E-state index in [1.54, 1.807) is 0 Å². The Bertz CT molecular complexity index is 421. The standard InChI is InChI=1S/C16H20O/c1-2-13-9-6-10-15(11-13)16(17)12-14-7-4-3-5-8-14/h6,9-12H,2-5,7-8H2,1H3. The van der Waals surface area contributed by atoms with Gasteiger partial charge >= 0.3 is 0 Å². The molecular weight excluding hydrogens is 208 g/mol. The summed E-state index contributed by atoms with van der Waals surface area (Å²) in [7, 11) is 0. The van der Waals surface area contributed by atoms with Gasteiger partial charge in [0.25, 0.3) is 0 Å². The Morgan fingerprint density at radius 2 is 2.00 bits per heavy atom. The van der Waals surface area contributed by atoms with E-state index in [0.29, 0.717) is 0 Å². The van der Waals surface area contributed by atoms with Gasteiger partial charge in [-0.1, -0.05) is 37.1 Å². The molecule has 90 valence electrons. The summed E-state index contributed by atoms with van der Waals surface area (Å²) in [6, 6.07) is 7.99. The first-order chi connectivity index (χ1) is 8.29. The second-order valence-corrected chi connectivity index (χ2v) is 4.78. The summed E-state index contributed by atoms with van der Waals surface area (Å²) < 4.78 is 0. The molecule has 0 atom stereocenters. The van der Waals surface area contributed by atoms with E-state index in [4.69, 9.17) is 0 Å². The minimum Gasteiger partial charge on any atom is -0.289 e. The molecule has 0 bridgehead atoms. The van der Waals surface area contributed by atoms with E-state index >= 15 is 0 Å². The lowest BCUT2D eigenvalue weighted by molar-refractivity contribution is 0.104. The molecule has 1 aromatic carbocycles. The maximum absolute atomic E-state index is 12.1. The van der Waals surface area contributed by atoms with E-state index in [1.165, 1.54) is 30.4 Å². The number of allylic oxidation sites excluding steroid dienone is 2. The maximum Gasteiger partial charge on any atom is 0.185 e. The van der Waals surface area contributed by atoms with Crippen molar-refractivity contribution in [2.24, 2.45) is 0 Å². The smallest absolute Gasteiger partial charge is 0.185 e. The van der Waals surface area contributed by atoms with Crippen molar-refractivity contribution in [1.82, 2.24) is 0 Å². The number of ketones is 1. The minimum atomic E-state index is 0.178. The van der Waals surface area contributed by atoms with Crippen LogP contribution in [0.1, 0.15) is 54.9 Å². The molecule has 0 saturated heterocycles. The summed E-state index contributed by atoms with van der Waals surface area (Å²) in [6.07, 6.45) is 8.88. The molecular formula is C16H20O. The maximum atomic E-state index is 12.1. The molecule has 0 N–H and O–H groups in total. The first-order valence-electron chi connectivity index (χ1n) is 6.62. The van der Waals surface area contributed by atoms with Crippen LogP contribution >= 0.6 is 0 Å². The second kappa shape index (κ2) is 5.81. The quantitative estimate of drug-likeness (QED) is 0.556. The highest BCUT2D eigenvalue weighted by Crippen LogP contribution is 2.23. The van der Waals surface area contributed by atoms with Crippen LogP contribution in [0.3, 0.4) is 0 Å². The summed E-state index contributed by atoms with van der Waals surface area (Å²) in [5.74, 6) is 0.178. The lowest BCUT2D eigenvalue weighted by Crippen LogP contribution is -2.00. The van der Waals surface area contributed by atoms with Gasteiger partial charge in [-0.3, -0.25) is 4.79 Å². The van der Waals surface area contributed by atoms with Crippen molar-refractivity contribution in [1.29, 1.82) is 0 Å². The zero-order chi connectivity index (χ0) is 12.1. The van der Waals surface area contributed by atoms with Gasteiger partial charge in [-0.05, 0) is 49.8 Å². The topological polar surface area (TPSA) is 17.1 Å². The van der Waals surface area contributed by atoms with Crippen molar-refractivity contribution in [2.75, 3.05) is 0 Å². The first kappa shape index (κ1) is 12.1. The summed E-state index contributed by atoms with van der Waals surface area (Å²) >= 11 is 0. The Balaban J connectivity index is 2.13. The molecule has 1 nitrogen and oxygen atoms in total. The zero-order valence-corrected chi connectivity index (χ0v) is 10.5. The summed E-state index contributed by atoms with van der Waals surface area (Å²) in [4.78, 5) is 12.1. The third kappa shape index (κ3) is 3.29. The van der Waals surface area contributed by atoms with Crippen molar-refractivity contribution in [3.8, 4) is 0 Å². The SMILES string of the molecule is CCc1cccc(C(=O)C=C2CCCCC2)c1. The molecule has 1 aliphatic carbocycles. The van der Waals surface area contributed by atoms with Gasteiger partial charge in [0.05, 0.1) is 0 Å². The second-order valence-electron chi connectivity index (χ2n) is 4.78. The molecule has 0 spiro atoms. The van der Waals surface area contributed by atoms with Gasteiger partial charge < -0.3 is 0 Å². The van der Waals surface area contributed by atoms with Gasteiger partial charge in [-0.25, -0.2) is 0 Å². The van der Waals surface area contributed by atoms with Crippen molar-refractivity contribution in [3.05, 3.63) is 47.0 Å². The van der Waals surface area contributed by atoms with Gasteiger partial charge in [0, 0.05) is 5.56 Å². The van der Waals surface area contributed by atoms with Gasteiger partial charge in [0.2, 0.25) is 0 Å². The summed E-state index contributed by atoms with van der Waals surface area (Å²) in [6.45, 7) is 2.11. The normalized spacial score (nSPS) is 15.7. The number of carbonyl (C=O) groups is 1. The molecule has 1 aliphatic rings. The fourth-order valence-electron chi connectivity index (χ4n) is 2.36. The lowest BCUT2D eigenvalue weighted by atomic mass is 9.93. The number of rotatable bonds is 3. The molecule has 0 radical (unpaired) electrons. The van der Waals surface area contributed by atoms with Crippen molar-refractivity contribution < 1.29 is 4.79 Å². The van der Waals surface area contributed by atoms with Crippen LogP contribution in [0, 0.1) is 0 Å². The highest BCUT2D eigenvalue weighted by Gasteiger charge is 2.09. The number of hydrogen-bond donors (Lipinski definition) is 0. The summed E-state index contributed by atoms with van der Waals surface area (Å²) in [5.41, 5.74) is 3.41. The minimum absolute atomic E-state index is 0.178. The Morgan fingerprint density at radius 1 is 1.24 bits per heavy atom. The average molecular weight is 228 g/mol. The zero-order valence-electron chi connectivity index (χ0n) is 10.5. The van der Waals surface area contributed by atoms with E-state index in [1.807, 2.05) is 24.3 Å². The van der Waals surface area contributed by atoms with Gasteiger partial charge in [-0.15, -0.1) is 0 Å². The monoisotopic (exact) mass is 228 g/mol. The largest absolute Gasteiger partial charge is 0.289 e. The van der Waals surface area contributed by atoms with Gasteiger partial charge in [-0.2, -0.15) is 0 Å². The fourth-order valence-corrected chi connectivity index (χ4v) is 2.36.